The van der Waals surface area contributed by atoms with E-state index in [9.17, 15) is 4.79 Å². The van der Waals surface area contributed by atoms with Gasteiger partial charge >= 0.3 is 0 Å². The number of imidazole rings is 1. The first-order chi connectivity index (χ1) is 15.2. The van der Waals surface area contributed by atoms with Gasteiger partial charge in [-0.15, -0.1) is 5.92 Å². The van der Waals surface area contributed by atoms with Crippen molar-refractivity contribution in [1.82, 2.24) is 34.6 Å². The van der Waals surface area contributed by atoms with Crippen LogP contribution in [-0.2, 0) is 13.1 Å². The molecule has 0 radical (unpaired) electrons. The van der Waals surface area contributed by atoms with Gasteiger partial charge in [-0.05, 0) is 24.6 Å². The van der Waals surface area contributed by atoms with Crippen LogP contribution in [0.4, 0.5) is 5.95 Å². The van der Waals surface area contributed by atoms with E-state index in [0.29, 0.717) is 24.1 Å². The summed E-state index contributed by atoms with van der Waals surface area (Å²) in [7, 11) is 0. The number of piperazine rings is 1. The molecule has 31 heavy (non-hydrogen) atoms. The Kier molecular flexibility index (Phi) is 5.06. The molecule has 1 fully saturated rings. The van der Waals surface area contributed by atoms with Gasteiger partial charge in [-0.2, -0.15) is 5.10 Å². The Morgan fingerprint density at radius 2 is 2.03 bits per heavy atom. The second-order valence-corrected chi connectivity index (χ2v) is 7.42. The number of nitrogens with zero attached hydrogens (tertiary/aromatic N) is 7. The molecule has 1 aromatic carbocycles. The van der Waals surface area contributed by atoms with Crippen LogP contribution in [0.15, 0.2) is 41.7 Å². The van der Waals surface area contributed by atoms with E-state index < -0.39 is 0 Å². The average molecular weight is 414 g/mol. The third-order valence-corrected chi connectivity index (χ3v) is 5.45. The van der Waals surface area contributed by atoms with Crippen molar-refractivity contribution < 1.29 is 0 Å². The molecule has 0 aliphatic carbocycles. The minimum atomic E-state index is -0.173. The van der Waals surface area contributed by atoms with Crippen LogP contribution in [0, 0.1) is 11.8 Å². The van der Waals surface area contributed by atoms with E-state index in [-0.39, 0.29) is 5.56 Å². The Labute approximate surface area is 178 Å². The molecule has 9 heteroatoms. The number of benzene rings is 1. The van der Waals surface area contributed by atoms with Crippen LogP contribution >= 0.6 is 0 Å². The minimum Gasteiger partial charge on any atom is -0.340 e. The number of anilines is 1. The van der Waals surface area contributed by atoms with Crippen molar-refractivity contribution in [3.63, 3.8) is 0 Å². The van der Waals surface area contributed by atoms with Crippen LogP contribution < -0.4 is 15.8 Å². The number of aromatic nitrogens is 6. The summed E-state index contributed by atoms with van der Waals surface area (Å²) in [6.07, 6.45) is 4.96. The van der Waals surface area contributed by atoms with Gasteiger partial charge in [-0.3, -0.25) is 9.36 Å². The number of hydrogen-bond acceptors (Lipinski definition) is 7. The van der Waals surface area contributed by atoms with E-state index in [1.807, 2.05) is 22.8 Å². The first-order valence-corrected chi connectivity index (χ1v) is 10.2. The van der Waals surface area contributed by atoms with Gasteiger partial charge in [-0.25, -0.2) is 19.6 Å². The third-order valence-electron chi connectivity index (χ3n) is 5.45. The smallest absolute Gasteiger partial charge is 0.293 e. The molecule has 0 saturated carbocycles. The van der Waals surface area contributed by atoms with Gasteiger partial charge in [0.15, 0.2) is 0 Å². The van der Waals surface area contributed by atoms with Crippen LogP contribution in [0.2, 0.25) is 0 Å². The summed E-state index contributed by atoms with van der Waals surface area (Å²) in [5.41, 5.74) is 2.79. The van der Waals surface area contributed by atoms with Crippen molar-refractivity contribution in [1.29, 1.82) is 0 Å². The molecule has 0 unspecified atom stereocenters. The summed E-state index contributed by atoms with van der Waals surface area (Å²) in [5.74, 6) is 6.79. The number of nitrogens with one attached hydrogen (secondary N) is 1. The van der Waals surface area contributed by atoms with E-state index in [2.05, 4.69) is 37.1 Å². The van der Waals surface area contributed by atoms with Crippen LogP contribution in [0.25, 0.3) is 21.9 Å². The molecule has 4 aromatic rings. The molecule has 1 saturated heterocycles. The molecule has 1 N–H and O–H groups in total. The largest absolute Gasteiger partial charge is 0.340 e. The van der Waals surface area contributed by atoms with Crippen molar-refractivity contribution >= 4 is 27.9 Å². The summed E-state index contributed by atoms with van der Waals surface area (Å²) in [5, 5.41) is 8.67. The Balaban J connectivity index is 1.58. The Morgan fingerprint density at radius 1 is 1.16 bits per heavy atom. The molecule has 0 atom stereocenters. The maximum absolute atomic E-state index is 13.4. The number of fused-ring (bicyclic) bond motifs is 2. The highest BCUT2D eigenvalue weighted by atomic mass is 16.1. The van der Waals surface area contributed by atoms with E-state index in [1.54, 1.807) is 19.3 Å². The van der Waals surface area contributed by atoms with Crippen molar-refractivity contribution in [3.05, 3.63) is 52.8 Å². The minimum absolute atomic E-state index is 0.173. The monoisotopic (exact) mass is 414 g/mol. The van der Waals surface area contributed by atoms with Crippen LogP contribution in [0.3, 0.4) is 0 Å². The lowest BCUT2D eigenvalue weighted by molar-refractivity contribution is 0.572. The second-order valence-electron chi connectivity index (χ2n) is 7.42. The van der Waals surface area contributed by atoms with Crippen LogP contribution in [0.5, 0.6) is 0 Å². The zero-order chi connectivity index (χ0) is 21.2. The van der Waals surface area contributed by atoms with Gasteiger partial charge in [0.2, 0.25) is 5.95 Å². The summed E-state index contributed by atoms with van der Waals surface area (Å²) >= 11 is 0. The Bertz CT molecular complexity index is 1370. The molecular formula is C22H22N8O. The van der Waals surface area contributed by atoms with Gasteiger partial charge in [0, 0.05) is 37.8 Å². The number of hydrogen-bond donors (Lipinski definition) is 1. The molecule has 3 aromatic heterocycles. The summed E-state index contributed by atoms with van der Waals surface area (Å²) in [6.45, 7) is 6.01. The van der Waals surface area contributed by atoms with Crippen LogP contribution in [0.1, 0.15) is 12.5 Å². The van der Waals surface area contributed by atoms with Gasteiger partial charge in [0.05, 0.1) is 24.8 Å². The molecule has 1 aliphatic heterocycles. The fraction of sp³-hybridized carbons (Fsp3) is 0.318. The molecule has 0 bridgehead atoms. The maximum atomic E-state index is 13.4. The Morgan fingerprint density at radius 3 is 2.87 bits per heavy atom. The quantitative estimate of drug-likeness (QED) is 0.498. The SMILES string of the molecule is CC#CCn1c(N2CCNCC2)nc2cnn(Cc3ccc4ncncc4c3)c(=O)c21. The maximum Gasteiger partial charge on any atom is 0.293 e. The van der Waals surface area contributed by atoms with Crippen LogP contribution in [-0.4, -0.2) is 55.5 Å². The zero-order valence-electron chi connectivity index (χ0n) is 17.2. The fourth-order valence-electron chi connectivity index (χ4n) is 3.91. The number of rotatable bonds is 4. The molecule has 0 spiro atoms. The van der Waals surface area contributed by atoms with E-state index in [4.69, 9.17) is 4.98 Å². The fourth-order valence-corrected chi connectivity index (χ4v) is 3.91. The van der Waals surface area contributed by atoms with Gasteiger partial charge < -0.3 is 10.2 Å². The molecule has 156 valence electrons. The predicted molar refractivity (Wildman–Crippen MR) is 119 cm³/mol. The highest BCUT2D eigenvalue weighted by molar-refractivity contribution is 5.78. The highest BCUT2D eigenvalue weighted by Gasteiger charge is 2.21. The highest BCUT2D eigenvalue weighted by Crippen LogP contribution is 2.20. The van der Waals surface area contributed by atoms with Crippen molar-refractivity contribution in [2.24, 2.45) is 0 Å². The standard InChI is InChI=1S/C22H22N8O/c1-2-3-8-29-20-19(27-22(29)28-9-6-23-7-10-28)13-26-30(21(20)31)14-16-4-5-18-17(11-16)12-24-15-25-18/h4-5,11-13,15,23H,6-10,14H2,1H3. The van der Waals surface area contributed by atoms with E-state index in [1.165, 1.54) is 11.0 Å². The van der Waals surface area contributed by atoms with Gasteiger partial charge in [0.1, 0.15) is 17.4 Å². The lowest BCUT2D eigenvalue weighted by Crippen LogP contribution is -2.44. The van der Waals surface area contributed by atoms with E-state index >= 15 is 0 Å². The van der Waals surface area contributed by atoms with Crippen molar-refractivity contribution in [2.75, 3.05) is 31.1 Å². The summed E-state index contributed by atoms with van der Waals surface area (Å²) < 4.78 is 3.40. The summed E-state index contributed by atoms with van der Waals surface area (Å²) in [6, 6.07) is 5.87. The second kappa shape index (κ2) is 8.16. The first kappa shape index (κ1) is 19.2. The Hall–Kier alpha value is -3.77. The third kappa shape index (κ3) is 3.62. The molecule has 0 amide bonds. The lowest BCUT2D eigenvalue weighted by Gasteiger charge is -2.28. The average Bonchev–Trinajstić information content (AvgIpc) is 3.19. The van der Waals surface area contributed by atoms with Crippen molar-refractivity contribution in [3.8, 4) is 11.8 Å². The topological polar surface area (TPSA) is 93.8 Å². The van der Waals surface area contributed by atoms with Crippen molar-refractivity contribution in [2.45, 2.75) is 20.0 Å². The predicted octanol–water partition coefficient (Wildman–Crippen LogP) is 1.02. The lowest BCUT2D eigenvalue weighted by atomic mass is 10.1. The van der Waals surface area contributed by atoms with E-state index in [0.717, 1.165) is 48.6 Å². The normalized spacial score (nSPS) is 14.0. The first-order valence-electron chi connectivity index (χ1n) is 10.2. The summed E-state index contributed by atoms with van der Waals surface area (Å²) in [4.78, 5) is 28.7. The molecular weight excluding hydrogens is 392 g/mol. The molecule has 9 nitrogen and oxygen atoms in total. The molecule has 5 rings (SSSR count). The molecule has 1 aliphatic rings. The molecule has 4 heterocycles. The van der Waals surface area contributed by atoms with Gasteiger partial charge in [-0.1, -0.05) is 12.0 Å². The van der Waals surface area contributed by atoms with Gasteiger partial charge in [0.25, 0.3) is 5.56 Å². The zero-order valence-corrected chi connectivity index (χ0v) is 17.2.